The van der Waals surface area contributed by atoms with E-state index in [1.54, 1.807) is 0 Å². The van der Waals surface area contributed by atoms with Gasteiger partial charge < -0.3 is 5.32 Å². The fourth-order valence-electron chi connectivity index (χ4n) is 2.13. The van der Waals surface area contributed by atoms with Gasteiger partial charge in [-0.2, -0.15) is 0 Å². The Morgan fingerprint density at radius 2 is 2.05 bits per heavy atom. The van der Waals surface area contributed by atoms with Gasteiger partial charge in [0.25, 0.3) is 0 Å². The third-order valence-electron chi connectivity index (χ3n) is 3.12. The number of aromatic nitrogens is 3. The van der Waals surface area contributed by atoms with Crippen LogP contribution in [-0.4, -0.2) is 27.3 Å². The van der Waals surface area contributed by atoms with Crippen LogP contribution in [0, 0.1) is 0 Å². The topological polar surface area (TPSA) is 42.7 Å². The largest absolute Gasteiger partial charge is 0.308 e. The van der Waals surface area contributed by atoms with Crippen LogP contribution in [0.15, 0.2) is 35.4 Å². The first kappa shape index (κ1) is 16.3. The Labute approximate surface area is 135 Å². The van der Waals surface area contributed by atoms with Gasteiger partial charge >= 0.3 is 0 Å². The molecule has 0 aliphatic carbocycles. The summed E-state index contributed by atoms with van der Waals surface area (Å²) in [5, 5.41) is 12.5. The number of benzene rings is 1. The highest BCUT2D eigenvalue weighted by atomic mass is 35.5. The van der Waals surface area contributed by atoms with Gasteiger partial charge in [0.15, 0.2) is 0 Å². The molecule has 4 nitrogen and oxygen atoms in total. The van der Waals surface area contributed by atoms with Crippen molar-refractivity contribution >= 4 is 23.4 Å². The van der Waals surface area contributed by atoms with Gasteiger partial charge in [0.05, 0.1) is 17.9 Å². The quantitative estimate of drug-likeness (QED) is 0.750. The maximum atomic E-state index is 5.92. The van der Waals surface area contributed by atoms with Crippen LogP contribution in [0.4, 0.5) is 0 Å². The number of aryl methyl sites for hydroxylation is 1. The third kappa shape index (κ3) is 4.73. The SMILES string of the molecule is CCCn1nncc1C(CSc1ccc(Cl)cc1)NCC. The van der Waals surface area contributed by atoms with E-state index in [2.05, 4.69) is 41.6 Å². The lowest BCUT2D eigenvalue weighted by molar-refractivity contribution is 0.501. The van der Waals surface area contributed by atoms with Gasteiger partial charge in [0.1, 0.15) is 0 Å². The summed E-state index contributed by atoms with van der Waals surface area (Å²) in [7, 11) is 0. The van der Waals surface area contributed by atoms with Crippen LogP contribution in [0.25, 0.3) is 0 Å². The van der Waals surface area contributed by atoms with E-state index < -0.39 is 0 Å². The Kier molecular flexibility index (Phi) is 6.54. The van der Waals surface area contributed by atoms with Gasteiger partial charge in [0, 0.05) is 22.2 Å². The number of rotatable bonds is 8. The average Bonchev–Trinajstić information content (AvgIpc) is 2.94. The fourth-order valence-corrected chi connectivity index (χ4v) is 3.23. The van der Waals surface area contributed by atoms with Crippen molar-refractivity contribution in [1.29, 1.82) is 0 Å². The predicted octanol–water partition coefficient (Wildman–Crippen LogP) is 3.78. The van der Waals surface area contributed by atoms with Gasteiger partial charge in [0.2, 0.25) is 0 Å². The second-order valence-corrected chi connectivity index (χ2v) is 6.29. The fraction of sp³-hybridized carbons (Fsp3) is 0.467. The molecule has 114 valence electrons. The standard InChI is InChI=1S/C15H21ClN4S/c1-3-9-20-15(10-18-19-20)14(17-4-2)11-21-13-7-5-12(16)6-8-13/h5-8,10,14,17H,3-4,9,11H2,1-2H3. The molecule has 1 heterocycles. The van der Waals surface area contributed by atoms with Crippen LogP contribution < -0.4 is 5.32 Å². The molecule has 0 aliphatic rings. The minimum absolute atomic E-state index is 0.247. The zero-order valence-electron chi connectivity index (χ0n) is 12.4. The predicted molar refractivity (Wildman–Crippen MR) is 88.9 cm³/mol. The minimum Gasteiger partial charge on any atom is -0.308 e. The molecule has 0 fully saturated rings. The van der Waals surface area contributed by atoms with Crippen LogP contribution in [0.5, 0.6) is 0 Å². The van der Waals surface area contributed by atoms with Gasteiger partial charge in [-0.25, -0.2) is 4.68 Å². The molecule has 2 aromatic rings. The van der Waals surface area contributed by atoms with E-state index in [0.717, 1.165) is 36.0 Å². The smallest absolute Gasteiger partial charge is 0.0765 e. The molecule has 1 N–H and O–H groups in total. The van der Waals surface area contributed by atoms with Gasteiger partial charge in [-0.1, -0.05) is 30.7 Å². The number of halogens is 1. The molecule has 6 heteroatoms. The summed E-state index contributed by atoms with van der Waals surface area (Å²) < 4.78 is 2.00. The minimum atomic E-state index is 0.247. The van der Waals surface area contributed by atoms with Crippen molar-refractivity contribution in [2.75, 3.05) is 12.3 Å². The monoisotopic (exact) mass is 324 g/mol. The van der Waals surface area contributed by atoms with Crippen molar-refractivity contribution in [2.24, 2.45) is 0 Å². The maximum absolute atomic E-state index is 5.92. The first-order valence-corrected chi connectivity index (χ1v) is 8.61. The first-order valence-electron chi connectivity index (χ1n) is 7.24. The van der Waals surface area contributed by atoms with Crippen LogP contribution in [0.2, 0.25) is 5.02 Å². The summed E-state index contributed by atoms with van der Waals surface area (Å²) in [4.78, 5) is 1.22. The molecule has 1 aromatic carbocycles. The van der Waals surface area contributed by atoms with Crippen LogP contribution in [-0.2, 0) is 6.54 Å². The van der Waals surface area contributed by atoms with Crippen LogP contribution >= 0.6 is 23.4 Å². The summed E-state index contributed by atoms with van der Waals surface area (Å²) in [6, 6.07) is 8.21. The molecule has 0 bridgehead atoms. The lowest BCUT2D eigenvalue weighted by atomic mass is 10.2. The highest BCUT2D eigenvalue weighted by Gasteiger charge is 2.16. The highest BCUT2D eigenvalue weighted by Crippen LogP contribution is 2.25. The van der Waals surface area contributed by atoms with Crippen molar-refractivity contribution < 1.29 is 0 Å². The Bertz CT molecular complexity index is 541. The average molecular weight is 325 g/mol. The van der Waals surface area contributed by atoms with Crippen LogP contribution in [0.3, 0.4) is 0 Å². The lowest BCUT2D eigenvalue weighted by Gasteiger charge is -2.18. The van der Waals surface area contributed by atoms with Crippen LogP contribution in [0.1, 0.15) is 32.0 Å². The molecule has 1 unspecified atom stereocenters. The summed E-state index contributed by atoms with van der Waals surface area (Å²) in [6.45, 7) is 6.09. The number of hydrogen-bond acceptors (Lipinski definition) is 4. The molecule has 1 aromatic heterocycles. The van der Waals surface area contributed by atoms with E-state index in [4.69, 9.17) is 11.6 Å². The molecular weight excluding hydrogens is 304 g/mol. The molecule has 0 radical (unpaired) electrons. The van der Waals surface area contributed by atoms with E-state index in [9.17, 15) is 0 Å². The Morgan fingerprint density at radius 3 is 2.71 bits per heavy atom. The molecule has 0 spiro atoms. The summed E-state index contributed by atoms with van der Waals surface area (Å²) in [6.07, 6.45) is 2.92. The molecule has 0 saturated heterocycles. The van der Waals surface area contributed by atoms with E-state index in [0.29, 0.717) is 0 Å². The zero-order valence-corrected chi connectivity index (χ0v) is 14.0. The summed E-state index contributed by atoms with van der Waals surface area (Å²) in [5.41, 5.74) is 1.15. The van der Waals surface area contributed by atoms with Crippen molar-refractivity contribution in [2.45, 2.75) is 37.8 Å². The van der Waals surface area contributed by atoms with Gasteiger partial charge in [-0.15, -0.1) is 16.9 Å². The zero-order chi connectivity index (χ0) is 15.1. The van der Waals surface area contributed by atoms with Crippen molar-refractivity contribution in [1.82, 2.24) is 20.3 Å². The van der Waals surface area contributed by atoms with Gasteiger partial charge in [-0.3, -0.25) is 0 Å². The second kappa shape index (κ2) is 8.41. The Balaban J connectivity index is 2.04. The summed E-state index contributed by atoms with van der Waals surface area (Å²) in [5.74, 6) is 0.937. The third-order valence-corrected chi connectivity index (χ3v) is 4.48. The molecule has 21 heavy (non-hydrogen) atoms. The van der Waals surface area contributed by atoms with E-state index >= 15 is 0 Å². The van der Waals surface area contributed by atoms with Crippen molar-refractivity contribution in [3.63, 3.8) is 0 Å². The maximum Gasteiger partial charge on any atom is 0.0765 e. The number of nitrogens with one attached hydrogen (secondary N) is 1. The van der Waals surface area contributed by atoms with E-state index in [1.165, 1.54) is 4.90 Å². The van der Waals surface area contributed by atoms with E-state index in [-0.39, 0.29) is 6.04 Å². The van der Waals surface area contributed by atoms with E-state index in [1.807, 2.05) is 34.8 Å². The second-order valence-electron chi connectivity index (χ2n) is 4.76. The number of nitrogens with zero attached hydrogens (tertiary/aromatic N) is 3. The Morgan fingerprint density at radius 1 is 1.29 bits per heavy atom. The number of thioether (sulfide) groups is 1. The molecular formula is C15H21ClN4S. The van der Waals surface area contributed by atoms with Crippen molar-refractivity contribution in [3.8, 4) is 0 Å². The summed E-state index contributed by atoms with van der Waals surface area (Å²) >= 11 is 7.73. The first-order chi connectivity index (χ1) is 10.2. The number of hydrogen-bond donors (Lipinski definition) is 1. The molecule has 0 aliphatic heterocycles. The van der Waals surface area contributed by atoms with Crippen molar-refractivity contribution in [3.05, 3.63) is 41.2 Å². The molecule has 1 atom stereocenters. The molecule has 0 amide bonds. The normalized spacial score (nSPS) is 12.5. The molecule has 2 rings (SSSR count). The van der Waals surface area contributed by atoms with Gasteiger partial charge in [-0.05, 0) is 37.2 Å². The Hall–Kier alpha value is -1.04. The highest BCUT2D eigenvalue weighted by molar-refractivity contribution is 7.99. The molecule has 0 saturated carbocycles. The lowest BCUT2D eigenvalue weighted by Crippen LogP contribution is -2.25.